The third-order valence-electron chi connectivity index (χ3n) is 3.50. The Balaban J connectivity index is 1.90. The number of rotatable bonds is 3. The van der Waals surface area contributed by atoms with Gasteiger partial charge in [-0.25, -0.2) is 0 Å². The van der Waals surface area contributed by atoms with Gasteiger partial charge in [0.15, 0.2) is 0 Å². The zero-order chi connectivity index (χ0) is 13.8. The number of nitrogens with zero attached hydrogens (tertiary/aromatic N) is 1. The first-order chi connectivity index (χ1) is 9.04. The van der Waals surface area contributed by atoms with E-state index in [2.05, 4.69) is 11.4 Å². The number of hydrogen-bond donors (Lipinski definition) is 2. The molecule has 1 aliphatic heterocycles. The summed E-state index contributed by atoms with van der Waals surface area (Å²) >= 11 is 0. The first-order valence-electron chi connectivity index (χ1n) is 6.82. The summed E-state index contributed by atoms with van der Waals surface area (Å²) in [6.07, 6.45) is 1.51. The van der Waals surface area contributed by atoms with E-state index in [4.69, 9.17) is 0 Å². The first-order valence-corrected chi connectivity index (χ1v) is 6.82. The van der Waals surface area contributed by atoms with Crippen LogP contribution >= 0.6 is 0 Å². The van der Waals surface area contributed by atoms with Crippen molar-refractivity contribution in [3.8, 4) is 0 Å². The standard InChI is InChI=1S/C15H22N2O2/c1-11-5-6-14(12(2)8-11)16-15(19)10-17-7-3-4-13(18)9-17/h5-6,8,13,18H,3-4,7,9-10H2,1-2H3,(H,16,19). The molecule has 1 aromatic carbocycles. The number of amides is 1. The summed E-state index contributed by atoms with van der Waals surface area (Å²) in [6.45, 7) is 5.86. The van der Waals surface area contributed by atoms with Gasteiger partial charge in [0, 0.05) is 12.2 Å². The summed E-state index contributed by atoms with van der Waals surface area (Å²) < 4.78 is 0. The molecule has 0 saturated carbocycles. The number of β-amino-alcohol motifs (C(OH)–C–C–N with tert-alkyl or cyclic N) is 1. The second kappa shape index (κ2) is 6.17. The predicted octanol–water partition coefficient (Wildman–Crippen LogP) is 1.70. The molecule has 4 nitrogen and oxygen atoms in total. The highest BCUT2D eigenvalue weighted by molar-refractivity contribution is 5.93. The number of carbonyl (C=O) groups excluding carboxylic acids is 1. The number of anilines is 1. The molecule has 0 bridgehead atoms. The van der Waals surface area contributed by atoms with Crippen molar-refractivity contribution in [3.63, 3.8) is 0 Å². The summed E-state index contributed by atoms with van der Waals surface area (Å²) in [5.41, 5.74) is 3.13. The van der Waals surface area contributed by atoms with Gasteiger partial charge < -0.3 is 10.4 Å². The molecule has 19 heavy (non-hydrogen) atoms. The van der Waals surface area contributed by atoms with Crippen molar-refractivity contribution in [1.82, 2.24) is 4.90 Å². The number of carbonyl (C=O) groups is 1. The van der Waals surface area contributed by atoms with Crippen LogP contribution in [0.3, 0.4) is 0 Å². The van der Waals surface area contributed by atoms with Crippen LogP contribution in [0.4, 0.5) is 5.69 Å². The van der Waals surface area contributed by atoms with E-state index in [1.54, 1.807) is 0 Å². The van der Waals surface area contributed by atoms with Crippen LogP contribution in [-0.2, 0) is 4.79 Å². The van der Waals surface area contributed by atoms with Crippen molar-refractivity contribution >= 4 is 11.6 Å². The van der Waals surface area contributed by atoms with Crippen LogP contribution in [-0.4, -0.2) is 41.7 Å². The molecule has 1 aliphatic rings. The number of aliphatic hydroxyl groups excluding tert-OH is 1. The number of piperidine rings is 1. The lowest BCUT2D eigenvalue weighted by Gasteiger charge is -2.29. The molecule has 2 rings (SSSR count). The average Bonchev–Trinajstić information content (AvgIpc) is 2.33. The van der Waals surface area contributed by atoms with Gasteiger partial charge in [0.2, 0.25) is 5.91 Å². The molecule has 1 saturated heterocycles. The molecule has 0 aromatic heterocycles. The van der Waals surface area contributed by atoms with E-state index >= 15 is 0 Å². The van der Waals surface area contributed by atoms with Crippen molar-refractivity contribution in [3.05, 3.63) is 29.3 Å². The molecule has 104 valence electrons. The minimum absolute atomic E-state index is 0.0129. The highest BCUT2D eigenvalue weighted by Gasteiger charge is 2.19. The van der Waals surface area contributed by atoms with Crippen molar-refractivity contribution < 1.29 is 9.90 Å². The molecule has 1 aromatic rings. The quantitative estimate of drug-likeness (QED) is 0.871. The fraction of sp³-hybridized carbons (Fsp3) is 0.533. The Kier molecular flexibility index (Phi) is 4.56. The van der Waals surface area contributed by atoms with Crippen LogP contribution in [0.2, 0.25) is 0 Å². The zero-order valence-corrected chi connectivity index (χ0v) is 11.6. The van der Waals surface area contributed by atoms with E-state index in [-0.39, 0.29) is 12.0 Å². The molecule has 4 heteroatoms. The van der Waals surface area contributed by atoms with Crippen LogP contribution in [0.15, 0.2) is 18.2 Å². The molecular weight excluding hydrogens is 240 g/mol. The first kappa shape index (κ1) is 14.0. The predicted molar refractivity (Wildman–Crippen MR) is 76.2 cm³/mol. The van der Waals surface area contributed by atoms with Crippen molar-refractivity contribution in [2.24, 2.45) is 0 Å². The lowest BCUT2D eigenvalue weighted by atomic mass is 10.1. The van der Waals surface area contributed by atoms with E-state index < -0.39 is 0 Å². The van der Waals surface area contributed by atoms with Crippen LogP contribution in [0.25, 0.3) is 0 Å². The van der Waals surface area contributed by atoms with Gasteiger partial charge >= 0.3 is 0 Å². The van der Waals surface area contributed by atoms with Gasteiger partial charge in [0.25, 0.3) is 0 Å². The number of aryl methyl sites for hydroxylation is 2. The van der Waals surface area contributed by atoms with Crippen LogP contribution < -0.4 is 5.32 Å². The van der Waals surface area contributed by atoms with Crippen molar-refractivity contribution in [2.75, 3.05) is 25.0 Å². The fourth-order valence-corrected chi connectivity index (χ4v) is 2.52. The average molecular weight is 262 g/mol. The molecule has 0 radical (unpaired) electrons. The molecule has 0 aliphatic carbocycles. The van der Waals surface area contributed by atoms with Crippen molar-refractivity contribution in [2.45, 2.75) is 32.8 Å². The highest BCUT2D eigenvalue weighted by atomic mass is 16.3. The second-order valence-corrected chi connectivity index (χ2v) is 5.40. The summed E-state index contributed by atoms with van der Waals surface area (Å²) in [5, 5.41) is 12.5. The number of likely N-dealkylation sites (tertiary alicyclic amines) is 1. The Morgan fingerprint density at radius 1 is 1.47 bits per heavy atom. The van der Waals surface area contributed by atoms with Crippen molar-refractivity contribution in [1.29, 1.82) is 0 Å². The van der Waals surface area contributed by atoms with Gasteiger partial charge in [-0.3, -0.25) is 9.69 Å². The highest BCUT2D eigenvalue weighted by Crippen LogP contribution is 2.16. The van der Waals surface area contributed by atoms with Gasteiger partial charge in [0.1, 0.15) is 0 Å². The third kappa shape index (κ3) is 4.04. The second-order valence-electron chi connectivity index (χ2n) is 5.40. The summed E-state index contributed by atoms with van der Waals surface area (Å²) in [4.78, 5) is 14.0. The van der Waals surface area contributed by atoms with Crippen LogP contribution in [0.1, 0.15) is 24.0 Å². The van der Waals surface area contributed by atoms with E-state index in [9.17, 15) is 9.90 Å². The summed E-state index contributed by atoms with van der Waals surface area (Å²) in [5.74, 6) is -0.0129. The molecule has 1 amide bonds. The van der Waals surface area contributed by atoms with Crippen LogP contribution in [0.5, 0.6) is 0 Å². The molecule has 1 atom stereocenters. The van der Waals surface area contributed by atoms with E-state index in [1.165, 1.54) is 5.56 Å². The summed E-state index contributed by atoms with van der Waals surface area (Å²) in [6, 6.07) is 5.99. The minimum atomic E-state index is -0.289. The zero-order valence-electron chi connectivity index (χ0n) is 11.6. The maximum absolute atomic E-state index is 12.0. The van der Waals surface area contributed by atoms with Gasteiger partial charge in [-0.2, -0.15) is 0 Å². The van der Waals surface area contributed by atoms with Gasteiger partial charge in [0.05, 0.1) is 12.6 Å². The molecule has 1 unspecified atom stereocenters. The van der Waals surface area contributed by atoms with E-state index in [0.29, 0.717) is 13.1 Å². The Morgan fingerprint density at radius 2 is 2.26 bits per heavy atom. The lowest BCUT2D eigenvalue weighted by molar-refractivity contribution is -0.118. The lowest BCUT2D eigenvalue weighted by Crippen LogP contribution is -2.42. The van der Waals surface area contributed by atoms with Gasteiger partial charge in [-0.15, -0.1) is 0 Å². The Labute approximate surface area is 114 Å². The third-order valence-corrected chi connectivity index (χ3v) is 3.50. The minimum Gasteiger partial charge on any atom is -0.392 e. The number of benzene rings is 1. The Morgan fingerprint density at radius 3 is 2.95 bits per heavy atom. The number of aliphatic hydroxyl groups is 1. The van der Waals surface area contributed by atoms with E-state index in [1.807, 2.05) is 30.9 Å². The van der Waals surface area contributed by atoms with Crippen LogP contribution in [0, 0.1) is 13.8 Å². The van der Waals surface area contributed by atoms with Gasteiger partial charge in [-0.05, 0) is 44.9 Å². The monoisotopic (exact) mass is 262 g/mol. The molecule has 1 fully saturated rings. The number of nitrogens with one attached hydrogen (secondary N) is 1. The van der Waals surface area contributed by atoms with E-state index in [0.717, 1.165) is 30.6 Å². The largest absolute Gasteiger partial charge is 0.392 e. The fourth-order valence-electron chi connectivity index (χ4n) is 2.52. The Bertz CT molecular complexity index is 459. The molecule has 1 heterocycles. The summed E-state index contributed by atoms with van der Waals surface area (Å²) in [7, 11) is 0. The topological polar surface area (TPSA) is 52.6 Å². The maximum atomic E-state index is 12.0. The smallest absolute Gasteiger partial charge is 0.238 e. The normalized spacial score (nSPS) is 20.3. The van der Waals surface area contributed by atoms with Gasteiger partial charge in [-0.1, -0.05) is 17.7 Å². The molecular formula is C15H22N2O2. The maximum Gasteiger partial charge on any atom is 0.238 e. The molecule has 2 N–H and O–H groups in total. The SMILES string of the molecule is Cc1ccc(NC(=O)CN2CCCC(O)C2)c(C)c1. The molecule has 0 spiro atoms. The number of hydrogen-bond acceptors (Lipinski definition) is 3. The Hall–Kier alpha value is -1.39.